The van der Waals surface area contributed by atoms with Crippen LogP contribution in [0.2, 0.25) is 0 Å². The quantitative estimate of drug-likeness (QED) is 0.298. The number of thioether (sulfide) groups is 1. The van der Waals surface area contributed by atoms with Gasteiger partial charge in [0.2, 0.25) is 0 Å². The van der Waals surface area contributed by atoms with Gasteiger partial charge in [-0.25, -0.2) is 18.6 Å². The van der Waals surface area contributed by atoms with Crippen molar-refractivity contribution in [2.24, 2.45) is 0 Å². The van der Waals surface area contributed by atoms with E-state index in [2.05, 4.69) is 4.98 Å². The number of hydrogen-bond donors (Lipinski definition) is 0. The summed E-state index contributed by atoms with van der Waals surface area (Å²) in [6.45, 7) is 0. The van der Waals surface area contributed by atoms with Crippen LogP contribution in [0.5, 0.6) is 0 Å². The Hall–Kier alpha value is 0.260. The second kappa shape index (κ2) is 6.76. The molecule has 1 aromatic rings. The van der Waals surface area contributed by atoms with Crippen LogP contribution >= 0.6 is 32.4 Å². The number of rotatable bonds is 1. The number of aromatic nitrogens is 1. The van der Waals surface area contributed by atoms with Gasteiger partial charge in [0, 0.05) is 10.3 Å². The van der Waals surface area contributed by atoms with E-state index in [1.807, 2.05) is 24.9 Å². The average molecular weight is 293 g/mol. The molecule has 1 heterocycles. The molecule has 0 atom stereocenters. The monoisotopic (exact) mass is 292 g/mol. The van der Waals surface area contributed by atoms with Crippen molar-refractivity contribution in [1.82, 2.24) is 9.56 Å². The van der Waals surface area contributed by atoms with Gasteiger partial charge in [-0.05, 0) is 21.6 Å². The van der Waals surface area contributed by atoms with Crippen LogP contribution in [0.15, 0.2) is 4.34 Å². The summed E-state index contributed by atoms with van der Waals surface area (Å²) >= 11 is 1.70. The van der Waals surface area contributed by atoms with Gasteiger partial charge in [-0.1, -0.05) is 11.8 Å². The van der Waals surface area contributed by atoms with Gasteiger partial charge in [0.05, 0.1) is 14.1 Å². The SMILES string of the molecule is CSc1nc(=[N+](C)C)ss1.[O-][Cl+3]([O-])([O-])[O-]. The van der Waals surface area contributed by atoms with E-state index in [0.717, 1.165) is 9.14 Å². The molecule has 0 amide bonds. The van der Waals surface area contributed by atoms with E-state index in [1.54, 1.807) is 32.4 Å². The molecule has 6 nitrogen and oxygen atoms in total. The van der Waals surface area contributed by atoms with Crippen LogP contribution in [0.25, 0.3) is 0 Å². The lowest BCUT2D eigenvalue weighted by atomic mass is 11.1. The fourth-order valence-electron chi connectivity index (χ4n) is 0.442. The molecule has 0 N–H and O–H groups in total. The van der Waals surface area contributed by atoms with Gasteiger partial charge in [-0.15, -0.1) is 10.2 Å². The minimum Gasteiger partial charge on any atom is -0.254 e. The zero-order valence-electron chi connectivity index (χ0n) is 8.13. The maximum atomic E-state index is 8.49. The standard InChI is InChI=1S/C5H9N2S3.ClHO4/c1-7(2)4-6-5(8-3)10-9-4;2-1(3,4)5/h1-3H3;(H,2,3,4,5)/q+1;/p-1. The molecular formula is C5H9ClN2O4S3. The third kappa shape index (κ3) is 9.20. The Morgan fingerprint density at radius 3 is 1.87 bits per heavy atom. The molecule has 0 aliphatic carbocycles. The first kappa shape index (κ1) is 15.3. The molecule has 0 aliphatic rings. The summed E-state index contributed by atoms with van der Waals surface area (Å²) in [6.07, 6.45) is 2.05. The van der Waals surface area contributed by atoms with Gasteiger partial charge < -0.3 is 0 Å². The molecule has 0 saturated heterocycles. The fraction of sp³-hybridized carbons (Fsp3) is 0.600. The number of nitrogens with zero attached hydrogens (tertiary/aromatic N) is 2. The van der Waals surface area contributed by atoms with Crippen molar-refractivity contribution in [3.8, 4) is 0 Å². The number of hydrogen-bond acceptors (Lipinski definition) is 8. The van der Waals surface area contributed by atoms with Crippen LogP contribution < -0.4 is 28.0 Å². The summed E-state index contributed by atoms with van der Waals surface area (Å²) in [5, 5.41) is 0. The second-order valence-electron chi connectivity index (χ2n) is 2.30. The van der Waals surface area contributed by atoms with E-state index < -0.39 is 10.2 Å². The highest BCUT2D eigenvalue weighted by Gasteiger charge is 2.04. The van der Waals surface area contributed by atoms with Crippen molar-refractivity contribution in [2.75, 3.05) is 20.4 Å². The molecule has 0 aromatic carbocycles. The molecule has 0 radical (unpaired) electrons. The van der Waals surface area contributed by atoms with Crippen LogP contribution in [-0.2, 0) is 0 Å². The Morgan fingerprint density at radius 1 is 1.20 bits per heavy atom. The van der Waals surface area contributed by atoms with Crippen molar-refractivity contribution in [1.29, 1.82) is 0 Å². The average Bonchev–Trinajstić information content (AvgIpc) is 2.48. The van der Waals surface area contributed by atoms with E-state index in [0.29, 0.717) is 0 Å². The summed E-state index contributed by atoms with van der Waals surface area (Å²) in [5.41, 5.74) is 0. The maximum absolute atomic E-state index is 8.49. The van der Waals surface area contributed by atoms with E-state index in [9.17, 15) is 0 Å². The Kier molecular flexibility index (Phi) is 6.88. The minimum atomic E-state index is -4.94. The van der Waals surface area contributed by atoms with Gasteiger partial charge in [-0.3, -0.25) is 4.58 Å². The summed E-state index contributed by atoms with van der Waals surface area (Å²) in [4.78, 5) is 5.45. The molecule has 15 heavy (non-hydrogen) atoms. The lowest BCUT2D eigenvalue weighted by Gasteiger charge is -2.17. The molecule has 1 rings (SSSR count). The molecule has 0 bridgehead atoms. The lowest BCUT2D eigenvalue weighted by molar-refractivity contribution is -2.00. The Balaban J connectivity index is 0.000000336. The Labute approximate surface area is 100 Å². The first-order chi connectivity index (χ1) is 6.74. The lowest BCUT2D eigenvalue weighted by Crippen LogP contribution is -2.68. The molecule has 10 heteroatoms. The van der Waals surface area contributed by atoms with Crippen LogP contribution in [0.1, 0.15) is 0 Å². The Bertz CT molecular complexity index is 348. The summed E-state index contributed by atoms with van der Waals surface area (Å²) in [6, 6.07) is 0. The van der Waals surface area contributed by atoms with Crippen LogP contribution in [0.3, 0.4) is 0 Å². The zero-order chi connectivity index (χ0) is 12.1. The largest absolute Gasteiger partial charge is 0.389 e. The maximum Gasteiger partial charge on any atom is 0.389 e. The van der Waals surface area contributed by atoms with Crippen molar-refractivity contribution < 1.29 is 28.9 Å². The van der Waals surface area contributed by atoms with E-state index >= 15 is 0 Å². The summed E-state index contributed by atoms with van der Waals surface area (Å²) in [5.74, 6) is 0. The molecule has 0 fully saturated rings. The van der Waals surface area contributed by atoms with E-state index in [4.69, 9.17) is 18.6 Å². The predicted molar refractivity (Wildman–Crippen MR) is 48.9 cm³/mol. The first-order valence-corrected chi connectivity index (χ1v) is 7.98. The smallest absolute Gasteiger partial charge is 0.254 e. The molecule has 88 valence electrons. The minimum absolute atomic E-state index is 1.09. The second-order valence-corrected chi connectivity index (χ2v) is 6.20. The third-order valence-electron chi connectivity index (χ3n) is 0.932. The number of halogens is 1. The summed E-state index contributed by atoms with van der Waals surface area (Å²) in [7, 11) is 2.52. The third-order valence-corrected chi connectivity index (χ3v) is 4.53. The molecule has 1 aromatic heterocycles. The predicted octanol–water partition coefficient (Wildman–Crippen LogP) is -3.80. The highest BCUT2D eigenvalue weighted by molar-refractivity contribution is 8.01. The molecular weight excluding hydrogens is 284 g/mol. The Morgan fingerprint density at radius 2 is 1.67 bits per heavy atom. The highest BCUT2D eigenvalue weighted by atomic mass is 35.7. The van der Waals surface area contributed by atoms with E-state index in [-0.39, 0.29) is 0 Å². The first-order valence-electron chi connectivity index (χ1n) is 3.37. The zero-order valence-corrected chi connectivity index (χ0v) is 11.3. The molecule has 0 unspecified atom stereocenters. The van der Waals surface area contributed by atoms with Crippen molar-refractivity contribution in [2.45, 2.75) is 4.34 Å². The van der Waals surface area contributed by atoms with Crippen LogP contribution in [0.4, 0.5) is 0 Å². The van der Waals surface area contributed by atoms with Gasteiger partial charge in [0.25, 0.3) is 4.34 Å². The molecule has 0 aliphatic heterocycles. The van der Waals surface area contributed by atoms with Crippen molar-refractivity contribution >= 4 is 32.4 Å². The van der Waals surface area contributed by atoms with Gasteiger partial charge in [0.15, 0.2) is 0 Å². The van der Waals surface area contributed by atoms with Gasteiger partial charge in [-0.2, -0.15) is 0 Å². The van der Waals surface area contributed by atoms with E-state index in [1.165, 1.54) is 0 Å². The molecule has 0 saturated carbocycles. The van der Waals surface area contributed by atoms with Gasteiger partial charge >= 0.3 is 4.80 Å². The van der Waals surface area contributed by atoms with Gasteiger partial charge in [0.1, 0.15) is 0 Å². The van der Waals surface area contributed by atoms with Crippen LogP contribution in [0, 0.1) is 10.2 Å². The highest BCUT2D eigenvalue weighted by Crippen LogP contribution is 2.17. The van der Waals surface area contributed by atoms with Crippen molar-refractivity contribution in [3.63, 3.8) is 0 Å². The normalized spacial score (nSPS) is 10.6. The molecule has 0 spiro atoms. The summed E-state index contributed by atoms with van der Waals surface area (Å²) < 4.78 is 37.1. The topological polar surface area (TPSA) is 108 Å². The van der Waals surface area contributed by atoms with Crippen LogP contribution in [-0.4, -0.2) is 25.3 Å². The van der Waals surface area contributed by atoms with Crippen molar-refractivity contribution in [3.05, 3.63) is 4.80 Å². The fourth-order valence-corrected chi connectivity index (χ4v) is 3.58.